The van der Waals surface area contributed by atoms with Gasteiger partial charge in [0.25, 0.3) is 0 Å². The molecule has 0 aliphatic heterocycles. The van der Waals surface area contributed by atoms with E-state index < -0.39 is 0 Å². The predicted molar refractivity (Wildman–Crippen MR) is 75.7 cm³/mol. The maximum absolute atomic E-state index is 9.22. The van der Waals surface area contributed by atoms with Gasteiger partial charge in [0.05, 0.1) is 0 Å². The summed E-state index contributed by atoms with van der Waals surface area (Å²) in [6.45, 7) is 2.15. The van der Waals surface area contributed by atoms with Crippen LogP contribution in [0.5, 0.6) is 5.75 Å². The van der Waals surface area contributed by atoms with Gasteiger partial charge in [-0.25, -0.2) is 0 Å². The molecule has 2 rings (SSSR count). The fourth-order valence-corrected chi connectivity index (χ4v) is 3.20. The van der Waals surface area contributed by atoms with Gasteiger partial charge >= 0.3 is 0 Å². The summed E-state index contributed by atoms with van der Waals surface area (Å²) < 4.78 is 1.16. The van der Waals surface area contributed by atoms with Crippen LogP contribution in [0.25, 0.3) is 0 Å². The lowest BCUT2D eigenvalue weighted by atomic mass is 10.2. The predicted octanol–water partition coefficient (Wildman–Crippen LogP) is 4.87. The van der Waals surface area contributed by atoms with Crippen molar-refractivity contribution in [3.05, 3.63) is 52.5 Å². The number of benzene rings is 2. The molecule has 0 bridgehead atoms. The molecule has 0 saturated heterocycles. The van der Waals surface area contributed by atoms with Crippen molar-refractivity contribution < 1.29 is 5.11 Å². The highest BCUT2D eigenvalue weighted by Crippen LogP contribution is 2.31. The third kappa shape index (κ3) is 3.27. The second kappa shape index (κ2) is 5.61. The van der Waals surface area contributed by atoms with E-state index in [-0.39, 0.29) is 0 Å². The molecule has 1 nitrogen and oxygen atoms in total. The van der Waals surface area contributed by atoms with Crippen molar-refractivity contribution in [2.75, 3.05) is 0 Å². The smallest absolute Gasteiger partial charge is 0.115 e. The number of hydrogen-bond acceptors (Lipinski definition) is 2. The second-order valence-corrected chi connectivity index (χ2v) is 5.70. The largest absolute Gasteiger partial charge is 0.508 e. The van der Waals surface area contributed by atoms with E-state index in [0.717, 1.165) is 15.8 Å². The van der Waals surface area contributed by atoms with Gasteiger partial charge in [-0.2, -0.15) is 0 Å². The Labute approximate surface area is 114 Å². The van der Waals surface area contributed by atoms with Crippen LogP contribution in [0.3, 0.4) is 0 Å². The molecule has 0 saturated carbocycles. The van der Waals surface area contributed by atoms with Gasteiger partial charge in [0, 0.05) is 14.3 Å². The van der Waals surface area contributed by atoms with Crippen LogP contribution < -0.4 is 0 Å². The van der Waals surface area contributed by atoms with E-state index in [1.807, 2.05) is 12.1 Å². The van der Waals surface area contributed by atoms with Gasteiger partial charge < -0.3 is 5.11 Å². The monoisotopic (exact) mass is 308 g/mol. The SMILES string of the molecule is CCc1ccc(Sc2ccc(O)cc2)cc1Br. The van der Waals surface area contributed by atoms with E-state index in [1.54, 1.807) is 23.9 Å². The van der Waals surface area contributed by atoms with Crippen molar-refractivity contribution in [1.82, 2.24) is 0 Å². The Balaban J connectivity index is 2.19. The molecule has 0 fully saturated rings. The summed E-state index contributed by atoms with van der Waals surface area (Å²) in [7, 11) is 0. The van der Waals surface area contributed by atoms with Crippen molar-refractivity contribution in [3.8, 4) is 5.75 Å². The molecule has 0 aromatic heterocycles. The Hall–Kier alpha value is -0.930. The van der Waals surface area contributed by atoms with Crippen LogP contribution in [0.2, 0.25) is 0 Å². The lowest BCUT2D eigenvalue weighted by Gasteiger charge is -2.05. The molecule has 0 aliphatic carbocycles. The molecule has 0 unspecified atom stereocenters. The van der Waals surface area contributed by atoms with E-state index in [2.05, 4.69) is 41.1 Å². The lowest BCUT2D eigenvalue weighted by molar-refractivity contribution is 0.475. The second-order valence-electron chi connectivity index (χ2n) is 3.70. The minimum atomic E-state index is 0.303. The van der Waals surface area contributed by atoms with E-state index in [0.29, 0.717) is 5.75 Å². The van der Waals surface area contributed by atoms with Crippen LogP contribution in [-0.4, -0.2) is 5.11 Å². The minimum Gasteiger partial charge on any atom is -0.508 e. The van der Waals surface area contributed by atoms with E-state index in [9.17, 15) is 5.11 Å². The summed E-state index contributed by atoms with van der Waals surface area (Å²) in [4.78, 5) is 2.32. The first kappa shape index (κ1) is 12.5. The molecule has 0 radical (unpaired) electrons. The Kier molecular flexibility index (Phi) is 4.13. The summed E-state index contributed by atoms with van der Waals surface area (Å²) in [6.07, 6.45) is 1.03. The Morgan fingerprint density at radius 3 is 2.29 bits per heavy atom. The zero-order valence-electron chi connectivity index (χ0n) is 9.48. The van der Waals surface area contributed by atoms with E-state index >= 15 is 0 Å². The molecule has 0 heterocycles. The fraction of sp³-hybridized carbons (Fsp3) is 0.143. The van der Waals surface area contributed by atoms with Gasteiger partial charge in [0.2, 0.25) is 0 Å². The zero-order valence-corrected chi connectivity index (χ0v) is 11.9. The summed E-state index contributed by atoms with van der Waals surface area (Å²) in [5, 5.41) is 9.22. The van der Waals surface area contributed by atoms with Gasteiger partial charge in [-0.3, -0.25) is 0 Å². The molecule has 1 N–H and O–H groups in total. The fourth-order valence-electron chi connectivity index (χ4n) is 1.53. The number of phenols is 1. The zero-order chi connectivity index (χ0) is 12.3. The van der Waals surface area contributed by atoms with E-state index in [4.69, 9.17) is 0 Å². The average Bonchev–Trinajstić information content (AvgIpc) is 2.32. The molecule has 88 valence electrons. The van der Waals surface area contributed by atoms with Crippen LogP contribution >= 0.6 is 27.7 Å². The molecule has 17 heavy (non-hydrogen) atoms. The maximum Gasteiger partial charge on any atom is 0.115 e. The number of aromatic hydroxyl groups is 1. The van der Waals surface area contributed by atoms with Crippen LogP contribution in [0.1, 0.15) is 12.5 Å². The van der Waals surface area contributed by atoms with Crippen LogP contribution in [-0.2, 0) is 6.42 Å². The highest BCUT2D eigenvalue weighted by atomic mass is 79.9. The van der Waals surface area contributed by atoms with Gasteiger partial charge in [-0.15, -0.1) is 0 Å². The van der Waals surface area contributed by atoms with E-state index in [1.165, 1.54) is 10.5 Å². The van der Waals surface area contributed by atoms with Crippen LogP contribution in [0.15, 0.2) is 56.7 Å². The molecule has 3 heteroatoms. The summed E-state index contributed by atoms with van der Waals surface area (Å²) in [6, 6.07) is 13.7. The van der Waals surface area contributed by atoms with Crippen molar-refractivity contribution in [2.24, 2.45) is 0 Å². The standard InChI is InChI=1S/C14H13BrOS/c1-2-10-3-6-13(9-14(10)15)17-12-7-4-11(16)5-8-12/h3-9,16H,2H2,1H3. The van der Waals surface area contributed by atoms with Crippen molar-refractivity contribution >= 4 is 27.7 Å². The van der Waals surface area contributed by atoms with Gasteiger partial charge in [0.1, 0.15) is 5.75 Å². The maximum atomic E-state index is 9.22. The summed E-state index contributed by atoms with van der Waals surface area (Å²) >= 11 is 5.27. The van der Waals surface area contributed by atoms with Crippen molar-refractivity contribution in [3.63, 3.8) is 0 Å². The third-order valence-electron chi connectivity index (χ3n) is 2.48. The first-order chi connectivity index (χ1) is 8.19. The third-order valence-corrected chi connectivity index (χ3v) is 4.21. The normalized spacial score (nSPS) is 10.5. The molecule has 0 aliphatic rings. The summed E-state index contributed by atoms with van der Waals surface area (Å²) in [5.74, 6) is 0.303. The number of halogens is 1. The number of hydrogen-bond donors (Lipinski definition) is 1. The highest BCUT2D eigenvalue weighted by Gasteiger charge is 2.02. The Morgan fingerprint density at radius 2 is 1.71 bits per heavy atom. The van der Waals surface area contributed by atoms with Gasteiger partial charge in [0.15, 0.2) is 0 Å². The Bertz CT molecular complexity index is 508. The molecule has 2 aromatic rings. The molecule has 0 spiro atoms. The van der Waals surface area contributed by atoms with Crippen LogP contribution in [0, 0.1) is 0 Å². The molecule has 0 atom stereocenters. The topological polar surface area (TPSA) is 20.2 Å². The van der Waals surface area contributed by atoms with Gasteiger partial charge in [-0.1, -0.05) is 40.7 Å². The number of rotatable bonds is 3. The van der Waals surface area contributed by atoms with Gasteiger partial charge in [-0.05, 0) is 48.4 Å². The molecule has 2 aromatic carbocycles. The lowest BCUT2D eigenvalue weighted by Crippen LogP contribution is -1.82. The minimum absolute atomic E-state index is 0.303. The average molecular weight is 309 g/mol. The number of phenolic OH excluding ortho intramolecular Hbond substituents is 1. The van der Waals surface area contributed by atoms with Crippen molar-refractivity contribution in [1.29, 1.82) is 0 Å². The quantitative estimate of drug-likeness (QED) is 0.873. The highest BCUT2D eigenvalue weighted by molar-refractivity contribution is 9.10. The molecular weight excluding hydrogens is 296 g/mol. The first-order valence-electron chi connectivity index (χ1n) is 5.44. The van der Waals surface area contributed by atoms with Crippen molar-refractivity contribution in [2.45, 2.75) is 23.1 Å². The number of aryl methyl sites for hydroxylation is 1. The molecule has 0 amide bonds. The summed E-state index contributed by atoms with van der Waals surface area (Å²) in [5.41, 5.74) is 1.32. The Morgan fingerprint density at radius 1 is 1.06 bits per heavy atom. The molecular formula is C14H13BrOS. The first-order valence-corrected chi connectivity index (χ1v) is 7.05. The van der Waals surface area contributed by atoms with Crippen LogP contribution in [0.4, 0.5) is 0 Å².